The summed E-state index contributed by atoms with van der Waals surface area (Å²) in [5.74, 6) is 1.04. The molecule has 4 aromatic rings. The van der Waals surface area contributed by atoms with Crippen LogP contribution in [0.4, 0.5) is 5.82 Å². The van der Waals surface area contributed by atoms with Crippen molar-refractivity contribution >= 4 is 45.4 Å². The lowest BCUT2D eigenvalue weighted by atomic mass is 9.70. The van der Waals surface area contributed by atoms with E-state index >= 15 is 0 Å². The minimum Gasteiger partial charge on any atom is -0.458 e. The summed E-state index contributed by atoms with van der Waals surface area (Å²) in [7, 11) is 0. The number of furan rings is 1. The highest BCUT2D eigenvalue weighted by Gasteiger charge is 2.43. The summed E-state index contributed by atoms with van der Waals surface area (Å²) in [5.41, 5.74) is 2.18. The summed E-state index contributed by atoms with van der Waals surface area (Å²) < 4.78 is 7.56. The Balaban J connectivity index is 1.53. The van der Waals surface area contributed by atoms with Crippen LogP contribution in [0.1, 0.15) is 43.9 Å². The van der Waals surface area contributed by atoms with Crippen molar-refractivity contribution in [3.05, 3.63) is 74.1 Å². The standard InChI is InChI=1S/C24H20N4O3S2/c1-24(2)9-12-17(13(29)10-24)18(19-20(25-12)27-23(32)28-21(19)30)14-7-8-15(31-14)22-26-11-5-3-4-6-16(11)33-22/h3-8,18H,9-10H2,1-2H3,(H3,25,27,28,30,32). The first-order valence-electron chi connectivity index (χ1n) is 10.6. The summed E-state index contributed by atoms with van der Waals surface area (Å²) >= 11 is 6.73. The van der Waals surface area contributed by atoms with Crippen LogP contribution < -0.4 is 10.9 Å². The predicted molar refractivity (Wildman–Crippen MR) is 130 cm³/mol. The van der Waals surface area contributed by atoms with Crippen LogP contribution in [0.3, 0.4) is 0 Å². The highest BCUT2D eigenvalue weighted by molar-refractivity contribution is 7.71. The lowest BCUT2D eigenvalue weighted by Gasteiger charge is -2.38. The smallest absolute Gasteiger partial charge is 0.258 e. The van der Waals surface area contributed by atoms with Crippen molar-refractivity contribution in [3.63, 3.8) is 0 Å². The molecule has 0 radical (unpaired) electrons. The fourth-order valence-electron chi connectivity index (χ4n) is 4.83. The molecule has 0 fully saturated rings. The third kappa shape index (κ3) is 3.30. The number of H-pyrrole nitrogens is 2. The molecule has 166 valence electrons. The second-order valence-corrected chi connectivity index (χ2v) is 10.7. The predicted octanol–water partition coefficient (Wildman–Crippen LogP) is 5.50. The summed E-state index contributed by atoms with van der Waals surface area (Å²) in [6, 6.07) is 11.6. The Hall–Kier alpha value is -3.30. The molecule has 2 aliphatic rings. The zero-order valence-electron chi connectivity index (χ0n) is 17.9. The van der Waals surface area contributed by atoms with Gasteiger partial charge in [0.2, 0.25) is 0 Å². The summed E-state index contributed by atoms with van der Waals surface area (Å²) in [6.45, 7) is 4.14. The number of Topliss-reactive ketones (excluding diaryl/α,β-unsaturated/α-hetero) is 1. The van der Waals surface area contributed by atoms with E-state index in [0.717, 1.165) is 20.9 Å². The number of aromatic nitrogens is 3. The number of hydrogen-bond donors (Lipinski definition) is 3. The van der Waals surface area contributed by atoms with Gasteiger partial charge in [0.1, 0.15) is 11.6 Å². The molecule has 6 rings (SSSR count). The van der Waals surface area contributed by atoms with Gasteiger partial charge in [0.15, 0.2) is 21.3 Å². The molecule has 1 aliphatic heterocycles. The third-order valence-electron chi connectivity index (χ3n) is 6.17. The Morgan fingerprint density at radius 1 is 1.12 bits per heavy atom. The molecule has 9 heteroatoms. The van der Waals surface area contributed by atoms with Crippen molar-refractivity contribution in [3.8, 4) is 10.8 Å². The molecule has 1 aromatic carbocycles. The van der Waals surface area contributed by atoms with Crippen molar-refractivity contribution < 1.29 is 9.21 Å². The number of hydrogen-bond acceptors (Lipinski definition) is 7. The molecule has 1 aliphatic carbocycles. The van der Waals surface area contributed by atoms with Gasteiger partial charge in [-0.25, -0.2) is 4.98 Å². The number of para-hydroxylation sites is 1. The summed E-state index contributed by atoms with van der Waals surface area (Å²) in [5, 5.41) is 4.04. The van der Waals surface area contributed by atoms with E-state index in [2.05, 4.69) is 34.1 Å². The molecule has 1 unspecified atom stereocenters. The molecule has 0 bridgehead atoms. The Labute approximate surface area is 197 Å². The van der Waals surface area contributed by atoms with Crippen molar-refractivity contribution in [1.29, 1.82) is 0 Å². The van der Waals surface area contributed by atoms with Crippen molar-refractivity contribution in [2.75, 3.05) is 5.32 Å². The number of allylic oxidation sites excluding steroid dienone is 2. The maximum Gasteiger partial charge on any atom is 0.258 e. The lowest BCUT2D eigenvalue weighted by Crippen LogP contribution is -2.36. The minimum atomic E-state index is -0.626. The second kappa shape index (κ2) is 7.10. The van der Waals surface area contributed by atoms with E-state index in [0.29, 0.717) is 41.3 Å². The van der Waals surface area contributed by atoms with Gasteiger partial charge in [-0.05, 0) is 48.3 Å². The van der Waals surface area contributed by atoms with E-state index in [1.165, 1.54) is 0 Å². The third-order valence-corrected chi connectivity index (χ3v) is 7.42. The van der Waals surface area contributed by atoms with Crippen LogP contribution in [0, 0.1) is 10.2 Å². The number of anilines is 1. The van der Waals surface area contributed by atoms with Crippen molar-refractivity contribution in [2.45, 2.75) is 32.6 Å². The average molecular weight is 477 g/mol. The van der Waals surface area contributed by atoms with E-state index in [4.69, 9.17) is 16.6 Å². The topological polar surface area (TPSA) is 104 Å². The van der Waals surface area contributed by atoms with Crippen LogP contribution in [0.25, 0.3) is 21.0 Å². The number of ketones is 1. The van der Waals surface area contributed by atoms with E-state index < -0.39 is 5.92 Å². The lowest BCUT2D eigenvalue weighted by molar-refractivity contribution is -0.118. The van der Waals surface area contributed by atoms with Gasteiger partial charge in [-0.3, -0.25) is 14.6 Å². The maximum absolute atomic E-state index is 13.3. The molecular formula is C24H20N4O3S2. The molecule has 7 nitrogen and oxygen atoms in total. The van der Waals surface area contributed by atoms with Gasteiger partial charge in [-0.1, -0.05) is 26.0 Å². The maximum atomic E-state index is 13.3. The SMILES string of the molecule is CC1(C)CC(=O)C2=C(C1)Nc1[nH]c(=S)[nH]c(=O)c1C2c1ccc(-c2nc3ccccc3s2)o1. The van der Waals surface area contributed by atoms with Gasteiger partial charge in [0, 0.05) is 17.7 Å². The number of rotatable bonds is 2. The van der Waals surface area contributed by atoms with Gasteiger partial charge >= 0.3 is 0 Å². The number of fused-ring (bicyclic) bond motifs is 2. The first kappa shape index (κ1) is 20.3. The zero-order chi connectivity index (χ0) is 22.9. The normalized spacial score (nSPS) is 19.3. The molecule has 3 N–H and O–H groups in total. The Morgan fingerprint density at radius 2 is 1.94 bits per heavy atom. The Kier molecular flexibility index (Phi) is 4.37. The number of nitrogens with zero attached hydrogens (tertiary/aromatic N) is 1. The Bertz CT molecular complexity index is 1570. The van der Waals surface area contributed by atoms with Gasteiger partial charge < -0.3 is 14.7 Å². The van der Waals surface area contributed by atoms with Crippen LogP contribution in [-0.2, 0) is 4.79 Å². The highest BCUT2D eigenvalue weighted by atomic mass is 32.1. The van der Waals surface area contributed by atoms with E-state index in [1.807, 2.05) is 36.4 Å². The molecule has 33 heavy (non-hydrogen) atoms. The zero-order valence-corrected chi connectivity index (χ0v) is 19.6. The molecular weight excluding hydrogens is 456 g/mol. The first-order chi connectivity index (χ1) is 15.8. The molecule has 3 aromatic heterocycles. The van der Waals surface area contributed by atoms with Crippen LogP contribution >= 0.6 is 23.6 Å². The minimum absolute atomic E-state index is 0.0178. The molecule has 0 saturated heterocycles. The number of carbonyl (C=O) groups excluding carboxylic acids is 1. The number of aromatic amines is 2. The average Bonchev–Trinajstić information content (AvgIpc) is 3.38. The van der Waals surface area contributed by atoms with E-state index in [-0.39, 0.29) is 21.5 Å². The second-order valence-electron chi connectivity index (χ2n) is 9.28. The van der Waals surface area contributed by atoms with Crippen LogP contribution in [0.2, 0.25) is 0 Å². The summed E-state index contributed by atoms with van der Waals surface area (Å²) in [4.78, 5) is 36.7. The Morgan fingerprint density at radius 3 is 2.76 bits per heavy atom. The highest BCUT2D eigenvalue weighted by Crippen LogP contribution is 2.48. The fourth-order valence-corrected chi connectivity index (χ4v) is 5.95. The number of nitrogens with one attached hydrogen (secondary N) is 3. The number of benzene rings is 1. The molecule has 0 saturated carbocycles. The summed E-state index contributed by atoms with van der Waals surface area (Å²) in [6.07, 6.45) is 1.09. The van der Waals surface area contributed by atoms with Gasteiger partial charge in [0.25, 0.3) is 5.56 Å². The quantitative estimate of drug-likeness (QED) is 0.330. The molecule has 1 atom stereocenters. The van der Waals surface area contributed by atoms with Crippen LogP contribution in [0.5, 0.6) is 0 Å². The monoisotopic (exact) mass is 476 g/mol. The molecule has 0 amide bonds. The molecule has 0 spiro atoms. The first-order valence-corrected chi connectivity index (χ1v) is 11.9. The van der Waals surface area contributed by atoms with Crippen LogP contribution in [0.15, 0.2) is 56.9 Å². The van der Waals surface area contributed by atoms with Gasteiger partial charge in [-0.15, -0.1) is 11.3 Å². The number of thiazole rings is 1. The number of carbonyl (C=O) groups is 1. The van der Waals surface area contributed by atoms with E-state index in [9.17, 15) is 9.59 Å². The van der Waals surface area contributed by atoms with Crippen molar-refractivity contribution in [2.24, 2.45) is 5.41 Å². The van der Waals surface area contributed by atoms with Crippen molar-refractivity contribution in [1.82, 2.24) is 15.0 Å². The largest absolute Gasteiger partial charge is 0.458 e. The fraction of sp³-hybridized carbons (Fsp3) is 0.250. The molecule has 4 heterocycles. The van der Waals surface area contributed by atoms with Crippen LogP contribution in [-0.4, -0.2) is 20.7 Å². The van der Waals surface area contributed by atoms with E-state index in [1.54, 1.807) is 11.3 Å². The van der Waals surface area contributed by atoms with Gasteiger partial charge in [0.05, 0.1) is 21.7 Å². The van der Waals surface area contributed by atoms with Gasteiger partial charge in [-0.2, -0.15) is 0 Å².